The van der Waals surface area contributed by atoms with Crippen molar-refractivity contribution in [3.8, 4) is 5.69 Å². The average Bonchev–Trinajstić information content (AvgIpc) is 2.94. The normalized spacial score (nSPS) is 11.6. The molecule has 2 N–H and O–H groups in total. The minimum atomic E-state index is -3.69. The number of hydrogen-bond acceptors (Lipinski definition) is 5. The third-order valence-electron chi connectivity index (χ3n) is 3.33. The summed E-state index contributed by atoms with van der Waals surface area (Å²) in [6.07, 6.45) is 0. The Bertz CT molecular complexity index is 936. The number of hydrogen-bond donors (Lipinski definition) is 1. The Morgan fingerprint density at radius 1 is 1.08 bits per heavy atom. The lowest BCUT2D eigenvalue weighted by Gasteiger charge is -2.04. The summed E-state index contributed by atoms with van der Waals surface area (Å²) in [5.41, 5.74) is 0.739. The van der Waals surface area contributed by atoms with Gasteiger partial charge in [-0.15, -0.1) is 11.8 Å². The first kappa shape index (κ1) is 16.7. The summed E-state index contributed by atoms with van der Waals surface area (Å²) in [5.74, 6) is 2.12. The zero-order valence-corrected chi connectivity index (χ0v) is 14.6. The topological polar surface area (TPSA) is 90.9 Å². The molecule has 0 saturated carbocycles. The van der Waals surface area contributed by atoms with Gasteiger partial charge in [-0.05, 0) is 43.3 Å². The number of nitrogens with two attached hydrogens (primary N) is 1. The van der Waals surface area contributed by atoms with Gasteiger partial charge in [-0.3, -0.25) is 0 Å². The van der Waals surface area contributed by atoms with E-state index in [0.29, 0.717) is 5.75 Å². The molecule has 0 aliphatic heterocycles. The highest BCUT2D eigenvalue weighted by Crippen LogP contribution is 2.21. The maximum atomic E-state index is 11.3. The van der Waals surface area contributed by atoms with Crippen LogP contribution in [-0.2, 0) is 15.8 Å². The highest BCUT2D eigenvalue weighted by atomic mass is 32.2. The first-order valence-corrected chi connectivity index (χ1v) is 9.70. The fourth-order valence-electron chi connectivity index (χ4n) is 2.19. The first-order chi connectivity index (χ1) is 11.4. The van der Waals surface area contributed by atoms with Crippen molar-refractivity contribution < 1.29 is 8.42 Å². The second-order valence-corrected chi connectivity index (χ2v) is 7.74. The SMILES string of the molecule is Cc1nc(CSc2ccccc2)nn1-c1ccc(S(N)(=O)=O)cc1. The van der Waals surface area contributed by atoms with Crippen molar-refractivity contribution in [3.05, 3.63) is 66.2 Å². The number of thioether (sulfide) groups is 1. The van der Waals surface area contributed by atoms with Crippen molar-refractivity contribution >= 4 is 21.8 Å². The Labute approximate surface area is 144 Å². The Morgan fingerprint density at radius 3 is 2.38 bits per heavy atom. The van der Waals surface area contributed by atoms with Gasteiger partial charge in [0.05, 0.1) is 16.3 Å². The van der Waals surface area contributed by atoms with Gasteiger partial charge in [-0.25, -0.2) is 23.2 Å². The molecule has 0 radical (unpaired) electrons. The molecule has 0 bridgehead atoms. The van der Waals surface area contributed by atoms with E-state index in [1.54, 1.807) is 28.6 Å². The molecule has 3 rings (SSSR count). The van der Waals surface area contributed by atoms with E-state index in [2.05, 4.69) is 10.1 Å². The summed E-state index contributed by atoms with van der Waals surface area (Å²) < 4.78 is 24.3. The summed E-state index contributed by atoms with van der Waals surface area (Å²) in [4.78, 5) is 5.69. The summed E-state index contributed by atoms with van der Waals surface area (Å²) in [5, 5.41) is 9.60. The smallest absolute Gasteiger partial charge is 0.225 e. The summed E-state index contributed by atoms with van der Waals surface area (Å²) >= 11 is 1.66. The van der Waals surface area contributed by atoms with Crippen molar-refractivity contribution in [1.82, 2.24) is 14.8 Å². The van der Waals surface area contributed by atoms with Gasteiger partial charge in [-0.1, -0.05) is 18.2 Å². The lowest BCUT2D eigenvalue weighted by atomic mass is 10.3. The van der Waals surface area contributed by atoms with E-state index in [1.165, 1.54) is 12.1 Å². The third-order valence-corrected chi connectivity index (χ3v) is 5.27. The lowest BCUT2D eigenvalue weighted by Crippen LogP contribution is -2.12. The monoisotopic (exact) mass is 360 g/mol. The largest absolute Gasteiger partial charge is 0.238 e. The molecule has 0 atom stereocenters. The summed E-state index contributed by atoms with van der Waals surface area (Å²) in [7, 11) is -3.69. The van der Waals surface area contributed by atoms with Crippen LogP contribution in [0.5, 0.6) is 0 Å². The van der Waals surface area contributed by atoms with Crippen LogP contribution in [0.3, 0.4) is 0 Å². The van der Waals surface area contributed by atoms with E-state index < -0.39 is 10.0 Å². The highest BCUT2D eigenvalue weighted by Gasteiger charge is 2.11. The Kier molecular flexibility index (Phi) is 4.70. The maximum Gasteiger partial charge on any atom is 0.238 e. The number of nitrogens with zero attached hydrogens (tertiary/aromatic N) is 3. The Morgan fingerprint density at radius 2 is 1.75 bits per heavy atom. The second kappa shape index (κ2) is 6.76. The van der Waals surface area contributed by atoms with Gasteiger partial charge in [-0.2, -0.15) is 5.10 Å². The molecule has 0 saturated heterocycles. The molecule has 3 aromatic rings. The Hall–Kier alpha value is -2.16. The summed E-state index contributed by atoms with van der Waals surface area (Å²) in [6.45, 7) is 1.86. The molecule has 0 aliphatic carbocycles. The molecule has 1 aromatic heterocycles. The number of benzene rings is 2. The second-order valence-electron chi connectivity index (χ2n) is 5.13. The van der Waals surface area contributed by atoms with Crippen LogP contribution < -0.4 is 5.14 Å². The van der Waals surface area contributed by atoms with Gasteiger partial charge in [0, 0.05) is 4.90 Å². The molecule has 124 valence electrons. The molecule has 1 heterocycles. The molecule has 2 aromatic carbocycles. The number of aromatic nitrogens is 3. The van der Waals surface area contributed by atoms with Crippen molar-refractivity contribution in [2.45, 2.75) is 22.5 Å². The maximum absolute atomic E-state index is 11.3. The Balaban J connectivity index is 1.79. The van der Waals surface area contributed by atoms with E-state index in [4.69, 9.17) is 5.14 Å². The van der Waals surface area contributed by atoms with E-state index in [1.807, 2.05) is 37.3 Å². The van der Waals surface area contributed by atoms with E-state index in [0.717, 1.165) is 22.2 Å². The number of aryl methyl sites for hydroxylation is 1. The number of primary sulfonamides is 1. The minimum Gasteiger partial charge on any atom is -0.225 e. The molecule has 8 heteroatoms. The molecule has 24 heavy (non-hydrogen) atoms. The molecule has 0 fully saturated rings. The number of sulfonamides is 1. The van der Waals surface area contributed by atoms with E-state index in [9.17, 15) is 8.42 Å². The van der Waals surface area contributed by atoms with Crippen molar-refractivity contribution in [3.63, 3.8) is 0 Å². The average molecular weight is 360 g/mol. The van der Waals surface area contributed by atoms with Crippen LogP contribution in [0, 0.1) is 6.92 Å². The van der Waals surface area contributed by atoms with Crippen LogP contribution in [-0.4, -0.2) is 23.2 Å². The third kappa shape index (κ3) is 3.84. The van der Waals surface area contributed by atoms with Gasteiger partial charge < -0.3 is 0 Å². The fraction of sp³-hybridized carbons (Fsp3) is 0.125. The van der Waals surface area contributed by atoms with Crippen LogP contribution in [0.2, 0.25) is 0 Å². The van der Waals surface area contributed by atoms with Gasteiger partial charge >= 0.3 is 0 Å². The lowest BCUT2D eigenvalue weighted by molar-refractivity contribution is 0.598. The molecular weight excluding hydrogens is 344 g/mol. The quantitative estimate of drug-likeness (QED) is 0.706. The van der Waals surface area contributed by atoms with Gasteiger partial charge in [0.2, 0.25) is 10.0 Å². The van der Waals surface area contributed by atoms with E-state index in [-0.39, 0.29) is 4.90 Å². The predicted octanol–water partition coefficient (Wildman–Crippen LogP) is 2.52. The van der Waals surface area contributed by atoms with Crippen LogP contribution in [0.15, 0.2) is 64.4 Å². The molecule has 6 nitrogen and oxygen atoms in total. The van der Waals surface area contributed by atoms with Crippen molar-refractivity contribution in [1.29, 1.82) is 0 Å². The minimum absolute atomic E-state index is 0.0730. The number of rotatable bonds is 5. The standard InChI is InChI=1S/C16H16N4O2S2/c1-12-18-16(11-23-14-5-3-2-4-6-14)19-20(12)13-7-9-15(10-8-13)24(17,21)22/h2-10H,11H2,1H3,(H2,17,21,22). The van der Waals surface area contributed by atoms with Gasteiger partial charge in [0.15, 0.2) is 5.82 Å². The van der Waals surface area contributed by atoms with E-state index >= 15 is 0 Å². The molecule has 0 aliphatic rings. The highest BCUT2D eigenvalue weighted by molar-refractivity contribution is 7.98. The van der Waals surface area contributed by atoms with Gasteiger partial charge in [0.1, 0.15) is 5.82 Å². The predicted molar refractivity (Wildman–Crippen MR) is 93.5 cm³/mol. The molecular formula is C16H16N4O2S2. The van der Waals surface area contributed by atoms with Crippen LogP contribution in [0.4, 0.5) is 0 Å². The molecule has 0 unspecified atom stereocenters. The first-order valence-electron chi connectivity index (χ1n) is 7.17. The van der Waals surface area contributed by atoms with Crippen molar-refractivity contribution in [2.24, 2.45) is 5.14 Å². The fourth-order valence-corrected chi connectivity index (χ4v) is 3.47. The summed E-state index contributed by atoms with van der Waals surface area (Å²) in [6, 6.07) is 16.3. The zero-order valence-electron chi connectivity index (χ0n) is 13.0. The zero-order chi connectivity index (χ0) is 17.2. The van der Waals surface area contributed by atoms with Crippen LogP contribution in [0.25, 0.3) is 5.69 Å². The molecule has 0 amide bonds. The van der Waals surface area contributed by atoms with Crippen LogP contribution >= 0.6 is 11.8 Å². The van der Waals surface area contributed by atoms with Gasteiger partial charge in [0.25, 0.3) is 0 Å². The molecule has 0 spiro atoms. The van der Waals surface area contributed by atoms with Crippen molar-refractivity contribution in [2.75, 3.05) is 0 Å². The van der Waals surface area contributed by atoms with Crippen LogP contribution in [0.1, 0.15) is 11.6 Å².